The molecule has 1 atom stereocenters. The van der Waals surface area contributed by atoms with Gasteiger partial charge in [0.2, 0.25) is 12.7 Å². The van der Waals surface area contributed by atoms with Gasteiger partial charge in [0.1, 0.15) is 28.7 Å². The van der Waals surface area contributed by atoms with Gasteiger partial charge in [0.25, 0.3) is 5.91 Å². The van der Waals surface area contributed by atoms with E-state index in [0.717, 1.165) is 18.3 Å². The summed E-state index contributed by atoms with van der Waals surface area (Å²) in [5.41, 5.74) is -0.0473. The predicted octanol–water partition coefficient (Wildman–Crippen LogP) is 3.75. The van der Waals surface area contributed by atoms with E-state index >= 15 is 0 Å². The molecule has 0 saturated heterocycles. The Morgan fingerprint density at radius 3 is 2.63 bits per heavy atom. The van der Waals surface area contributed by atoms with Crippen molar-refractivity contribution in [1.82, 2.24) is 10.3 Å². The molecule has 11 heteroatoms. The van der Waals surface area contributed by atoms with Crippen molar-refractivity contribution in [3.05, 3.63) is 71.4 Å². The molecule has 2 heterocycles. The molecule has 1 aromatic heterocycles. The Kier molecular flexibility index (Phi) is 6.95. The molecule has 0 radical (unpaired) electrons. The minimum Gasteiger partial charge on any atom is -0.479 e. The van der Waals surface area contributed by atoms with Gasteiger partial charge in [-0.15, -0.1) is 0 Å². The minimum absolute atomic E-state index is 0.0786. The molecule has 182 valence electrons. The van der Waals surface area contributed by atoms with Gasteiger partial charge in [-0.2, -0.15) is 0 Å². The lowest BCUT2D eigenvalue weighted by Gasteiger charge is -2.14. The summed E-state index contributed by atoms with van der Waals surface area (Å²) in [7, 11) is 1.22. The zero-order valence-corrected chi connectivity index (χ0v) is 18.7. The van der Waals surface area contributed by atoms with Gasteiger partial charge in [0.15, 0.2) is 17.6 Å². The zero-order valence-electron chi connectivity index (χ0n) is 18.7. The zero-order chi connectivity index (χ0) is 24.9. The normalized spacial score (nSPS) is 12.6. The van der Waals surface area contributed by atoms with Crippen molar-refractivity contribution in [2.24, 2.45) is 0 Å². The van der Waals surface area contributed by atoms with E-state index in [0.29, 0.717) is 17.2 Å². The molecule has 0 fully saturated rings. The highest BCUT2D eigenvalue weighted by molar-refractivity contribution is 5.96. The molecule has 0 aliphatic carbocycles. The summed E-state index contributed by atoms with van der Waals surface area (Å²) in [5.74, 6) is -1.50. The molecule has 1 amide bonds. The summed E-state index contributed by atoms with van der Waals surface area (Å²) in [5, 5.41) is 2.51. The fourth-order valence-electron chi connectivity index (χ4n) is 3.16. The van der Waals surface area contributed by atoms with Crippen molar-refractivity contribution in [3.8, 4) is 28.9 Å². The molecule has 2 aromatic carbocycles. The Balaban J connectivity index is 1.44. The van der Waals surface area contributed by atoms with Gasteiger partial charge >= 0.3 is 5.97 Å². The number of fused-ring (bicyclic) bond motifs is 1. The van der Waals surface area contributed by atoms with Crippen molar-refractivity contribution in [2.45, 2.75) is 19.6 Å². The number of rotatable bonds is 8. The molecule has 4 rings (SSSR count). The number of aromatic nitrogens is 1. The highest BCUT2D eigenvalue weighted by Gasteiger charge is 2.20. The third kappa shape index (κ3) is 5.57. The van der Waals surface area contributed by atoms with Crippen LogP contribution >= 0.6 is 0 Å². The van der Waals surface area contributed by atoms with Crippen molar-refractivity contribution in [2.75, 3.05) is 13.9 Å². The third-order valence-electron chi connectivity index (χ3n) is 4.93. The molecular formula is C24H20F2N2O7. The number of carbonyl (C=O) groups excluding carboxylic acids is 2. The second-order valence-electron chi connectivity index (χ2n) is 7.34. The molecular weight excluding hydrogens is 466 g/mol. The lowest BCUT2D eigenvalue weighted by atomic mass is 10.2. The van der Waals surface area contributed by atoms with E-state index in [2.05, 4.69) is 15.0 Å². The SMILES string of the molecule is COC(=O)[C@@H](C)Oc1ccc(CNC(=O)c2cc(F)cnc2Oc2ccc3c(c2)OCO3)c(F)c1. The number of methoxy groups -OCH3 is 1. The van der Waals surface area contributed by atoms with Crippen LogP contribution in [0.5, 0.6) is 28.9 Å². The number of nitrogens with zero attached hydrogens (tertiary/aromatic N) is 1. The molecule has 0 spiro atoms. The monoisotopic (exact) mass is 486 g/mol. The molecule has 9 nitrogen and oxygen atoms in total. The van der Waals surface area contributed by atoms with Crippen molar-refractivity contribution in [1.29, 1.82) is 0 Å². The van der Waals surface area contributed by atoms with E-state index in [4.69, 9.17) is 18.9 Å². The molecule has 0 bridgehead atoms. The van der Waals surface area contributed by atoms with Crippen LogP contribution in [0.3, 0.4) is 0 Å². The number of halogens is 2. The lowest BCUT2D eigenvalue weighted by Crippen LogP contribution is -2.25. The van der Waals surface area contributed by atoms with Crippen LogP contribution in [0.25, 0.3) is 0 Å². The number of nitrogens with one attached hydrogen (secondary N) is 1. The van der Waals surface area contributed by atoms with Gasteiger partial charge in [-0.25, -0.2) is 18.6 Å². The van der Waals surface area contributed by atoms with E-state index in [-0.39, 0.29) is 36.1 Å². The Bertz CT molecular complexity index is 1270. The fourth-order valence-corrected chi connectivity index (χ4v) is 3.16. The van der Waals surface area contributed by atoms with Crippen molar-refractivity contribution in [3.63, 3.8) is 0 Å². The van der Waals surface area contributed by atoms with Crippen LogP contribution in [-0.2, 0) is 16.1 Å². The number of benzene rings is 2. The summed E-state index contributed by atoms with van der Waals surface area (Å²) >= 11 is 0. The summed E-state index contributed by atoms with van der Waals surface area (Å²) in [6.45, 7) is 1.33. The Morgan fingerprint density at radius 1 is 1.09 bits per heavy atom. The van der Waals surface area contributed by atoms with Crippen molar-refractivity contribution < 1.29 is 42.1 Å². The maximum Gasteiger partial charge on any atom is 0.346 e. The first-order valence-corrected chi connectivity index (χ1v) is 10.4. The van der Waals surface area contributed by atoms with Gasteiger partial charge in [-0.1, -0.05) is 6.07 Å². The quantitative estimate of drug-likeness (QED) is 0.480. The molecule has 1 N–H and O–H groups in total. The second-order valence-corrected chi connectivity index (χ2v) is 7.34. The van der Waals surface area contributed by atoms with Gasteiger partial charge in [0, 0.05) is 24.2 Å². The maximum absolute atomic E-state index is 14.5. The number of carbonyl (C=O) groups is 2. The topological polar surface area (TPSA) is 105 Å². The third-order valence-corrected chi connectivity index (χ3v) is 4.93. The second kappa shape index (κ2) is 10.2. The van der Waals surface area contributed by atoms with Crippen molar-refractivity contribution >= 4 is 11.9 Å². The smallest absolute Gasteiger partial charge is 0.346 e. The predicted molar refractivity (Wildman–Crippen MR) is 117 cm³/mol. The molecule has 0 unspecified atom stereocenters. The van der Waals surface area contributed by atoms with E-state index in [1.807, 2.05) is 0 Å². The number of hydrogen-bond acceptors (Lipinski definition) is 8. The average molecular weight is 486 g/mol. The van der Waals surface area contributed by atoms with Gasteiger partial charge in [0.05, 0.1) is 13.3 Å². The summed E-state index contributed by atoms with van der Waals surface area (Å²) in [6, 6.07) is 9.65. The number of hydrogen-bond donors (Lipinski definition) is 1. The Morgan fingerprint density at radius 2 is 1.86 bits per heavy atom. The highest BCUT2D eigenvalue weighted by atomic mass is 19.1. The number of amides is 1. The van der Waals surface area contributed by atoms with Crippen LogP contribution in [0.1, 0.15) is 22.8 Å². The average Bonchev–Trinajstić information content (AvgIpc) is 3.32. The van der Waals surface area contributed by atoms with E-state index in [9.17, 15) is 18.4 Å². The number of ether oxygens (including phenoxy) is 5. The van der Waals surface area contributed by atoms with E-state index in [1.165, 1.54) is 26.2 Å². The van der Waals surface area contributed by atoms with Crippen LogP contribution in [0.15, 0.2) is 48.7 Å². The molecule has 0 saturated carbocycles. The minimum atomic E-state index is -0.923. The van der Waals surface area contributed by atoms with Crippen LogP contribution in [0, 0.1) is 11.6 Å². The van der Waals surface area contributed by atoms with Crippen LogP contribution < -0.4 is 24.3 Å². The van der Waals surface area contributed by atoms with Gasteiger partial charge < -0.3 is 29.0 Å². The molecule has 35 heavy (non-hydrogen) atoms. The van der Waals surface area contributed by atoms with Gasteiger partial charge in [-0.05, 0) is 31.2 Å². The number of pyridine rings is 1. The first kappa shape index (κ1) is 23.7. The number of esters is 1. The molecule has 3 aromatic rings. The van der Waals surface area contributed by atoms with Gasteiger partial charge in [-0.3, -0.25) is 4.79 Å². The van der Waals surface area contributed by atoms with Crippen LogP contribution in [0.2, 0.25) is 0 Å². The molecule has 1 aliphatic rings. The van der Waals surface area contributed by atoms with E-state index < -0.39 is 29.6 Å². The van der Waals surface area contributed by atoms with Crippen LogP contribution in [-0.4, -0.2) is 36.9 Å². The first-order chi connectivity index (χ1) is 16.8. The van der Waals surface area contributed by atoms with Crippen LogP contribution in [0.4, 0.5) is 8.78 Å². The standard InChI is InChI=1S/C24H20F2N2O7/c1-13(24(30)31-2)34-16-4-3-14(19(26)8-16)10-27-22(29)18-7-15(25)11-28-23(18)35-17-5-6-20-21(9-17)33-12-32-20/h3-9,11,13H,10,12H2,1-2H3,(H,27,29)/t13-/m1/s1. The lowest BCUT2D eigenvalue weighted by molar-refractivity contribution is -0.147. The largest absolute Gasteiger partial charge is 0.479 e. The first-order valence-electron chi connectivity index (χ1n) is 10.4. The summed E-state index contributed by atoms with van der Waals surface area (Å²) in [4.78, 5) is 28.1. The highest BCUT2D eigenvalue weighted by Crippen LogP contribution is 2.36. The summed E-state index contributed by atoms with van der Waals surface area (Å²) < 4.78 is 54.4. The van der Waals surface area contributed by atoms with E-state index in [1.54, 1.807) is 18.2 Å². The maximum atomic E-state index is 14.5. The fraction of sp³-hybridized carbons (Fsp3) is 0.208. The summed E-state index contributed by atoms with van der Waals surface area (Å²) in [6.07, 6.45) is -0.0131. The Labute approximate surface area is 198 Å². The Hall–Kier alpha value is -4.41. The molecule has 1 aliphatic heterocycles.